The Balaban J connectivity index is 1.27. The van der Waals surface area contributed by atoms with Gasteiger partial charge in [0.25, 0.3) is 0 Å². The average Bonchev–Trinajstić information content (AvgIpc) is 3.56. The highest BCUT2D eigenvalue weighted by Gasteiger charge is 2.32. The predicted molar refractivity (Wildman–Crippen MR) is 154 cm³/mol. The molecule has 4 aromatic rings. The van der Waals surface area contributed by atoms with Gasteiger partial charge in [0.2, 0.25) is 5.91 Å². The summed E-state index contributed by atoms with van der Waals surface area (Å²) >= 11 is 0. The van der Waals surface area contributed by atoms with Crippen molar-refractivity contribution in [2.24, 2.45) is 5.92 Å². The Morgan fingerprint density at radius 3 is 2.45 bits per heavy atom. The predicted octanol–water partition coefficient (Wildman–Crippen LogP) is 7.17. The standard InChI is InChI=1S/C34H39N3O/c1-23-20-24(2)36-33-31(23)29-14-8-9-15-30(29)37(33)22-26-16-18-28(19-17-26)32(27-12-6-7-13-27)34(38)35-21-25-10-4-3-5-11-25/h3-5,10-11,16-20,27,32H,6-9,12-15,21-22H2,1-2H3,(H,35,38). The van der Waals surface area contributed by atoms with Gasteiger partial charge in [-0.1, -0.05) is 67.4 Å². The van der Waals surface area contributed by atoms with Gasteiger partial charge in [-0.25, -0.2) is 4.98 Å². The number of rotatable bonds is 7. The maximum absolute atomic E-state index is 13.5. The number of benzene rings is 2. The van der Waals surface area contributed by atoms with Gasteiger partial charge in [-0.3, -0.25) is 4.79 Å². The second-order valence-corrected chi connectivity index (χ2v) is 11.5. The van der Waals surface area contributed by atoms with Crippen LogP contribution in [0.25, 0.3) is 11.0 Å². The van der Waals surface area contributed by atoms with Gasteiger partial charge in [-0.2, -0.15) is 0 Å². The van der Waals surface area contributed by atoms with Gasteiger partial charge in [0, 0.05) is 29.9 Å². The molecule has 1 fully saturated rings. The van der Waals surface area contributed by atoms with E-state index in [1.165, 1.54) is 53.5 Å². The molecule has 6 rings (SSSR count). The largest absolute Gasteiger partial charge is 0.351 e. The zero-order chi connectivity index (χ0) is 26.1. The van der Waals surface area contributed by atoms with Crippen LogP contribution in [0.4, 0.5) is 0 Å². The Labute approximate surface area is 226 Å². The van der Waals surface area contributed by atoms with Crippen LogP contribution < -0.4 is 5.32 Å². The van der Waals surface area contributed by atoms with E-state index >= 15 is 0 Å². The number of nitrogens with zero attached hydrogens (tertiary/aromatic N) is 2. The number of hydrogen-bond acceptors (Lipinski definition) is 2. The summed E-state index contributed by atoms with van der Waals surface area (Å²) in [6.45, 7) is 5.75. The Morgan fingerprint density at radius 1 is 0.947 bits per heavy atom. The fourth-order valence-electron chi connectivity index (χ4n) is 6.98. The SMILES string of the molecule is Cc1cc(C)c2c3c(n(Cc4ccc(C(C(=O)NCc5ccccc5)C5CCCC5)cc4)c2n1)CCCC3. The molecule has 2 aliphatic carbocycles. The van der Waals surface area contributed by atoms with E-state index in [2.05, 4.69) is 66.2 Å². The van der Waals surface area contributed by atoms with Crippen molar-refractivity contribution in [2.45, 2.75) is 84.2 Å². The maximum Gasteiger partial charge on any atom is 0.228 e. The van der Waals surface area contributed by atoms with E-state index in [0.717, 1.165) is 54.7 Å². The summed E-state index contributed by atoms with van der Waals surface area (Å²) in [4.78, 5) is 18.5. The molecule has 2 heterocycles. The van der Waals surface area contributed by atoms with Crippen LogP contribution in [0.3, 0.4) is 0 Å². The summed E-state index contributed by atoms with van der Waals surface area (Å²) in [5.41, 5.74) is 10.1. The number of fused-ring (bicyclic) bond motifs is 3. The van der Waals surface area contributed by atoms with Crippen molar-refractivity contribution >= 4 is 16.9 Å². The average molecular weight is 506 g/mol. The first-order valence-electron chi connectivity index (χ1n) is 14.5. The van der Waals surface area contributed by atoms with E-state index < -0.39 is 0 Å². The Morgan fingerprint density at radius 2 is 1.68 bits per heavy atom. The summed E-state index contributed by atoms with van der Waals surface area (Å²) in [6.07, 6.45) is 9.53. The van der Waals surface area contributed by atoms with Gasteiger partial charge in [0.15, 0.2) is 0 Å². The molecule has 1 atom stereocenters. The third kappa shape index (κ3) is 4.89. The van der Waals surface area contributed by atoms with Crippen LogP contribution in [0.5, 0.6) is 0 Å². The van der Waals surface area contributed by atoms with Crippen LogP contribution in [0.15, 0.2) is 60.7 Å². The monoisotopic (exact) mass is 505 g/mol. The molecule has 0 radical (unpaired) electrons. The molecule has 4 nitrogen and oxygen atoms in total. The number of aryl methyl sites for hydroxylation is 3. The molecular formula is C34H39N3O. The Bertz CT molecular complexity index is 1430. The van der Waals surface area contributed by atoms with Gasteiger partial charge in [-0.05, 0) is 92.2 Å². The fourth-order valence-corrected chi connectivity index (χ4v) is 6.98. The Hall–Kier alpha value is -3.40. The van der Waals surface area contributed by atoms with Crippen molar-refractivity contribution in [3.8, 4) is 0 Å². The van der Waals surface area contributed by atoms with Crippen molar-refractivity contribution in [1.82, 2.24) is 14.9 Å². The minimum Gasteiger partial charge on any atom is -0.351 e. The highest BCUT2D eigenvalue weighted by Crippen LogP contribution is 2.38. The zero-order valence-corrected chi connectivity index (χ0v) is 22.8. The molecule has 0 spiro atoms. The van der Waals surface area contributed by atoms with Gasteiger partial charge in [-0.15, -0.1) is 0 Å². The number of carbonyl (C=O) groups excluding carboxylic acids is 1. The first kappa shape index (κ1) is 24.9. The normalized spacial score (nSPS) is 16.5. The van der Waals surface area contributed by atoms with Crippen LogP contribution in [0, 0.1) is 19.8 Å². The van der Waals surface area contributed by atoms with E-state index in [1.807, 2.05) is 18.2 Å². The summed E-state index contributed by atoms with van der Waals surface area (Å²) in [5, 5.41) is 4.61. The fraction of sp³-hybridized carbons (Fsp3) is 0.412. The zero-order valence-electron chi connectivity index (χ0n) is 22.8. The van der Waals surface area contributed by atoms with Crippen molar-refractivity contribution in [2.75, 3.05) is 0 Å². The van der Waals surface area contributed by atoms with Gasteiger partial charge < -0.3 is 9.88 Å². The summed E-state index contributed by atoms with van der Waals surface area (Å²) in [5.74, 6) is 0.503. The molecule has 2 aromatic carbocycles. The Kier molecular flexibility index (Phi) is 7.06. The van der Waals surface area contributed by atoms with E-state index in [4.69, 9.17) is 4.98 Å². The summed E-state index contributed by atoms with van der Waals surface area (Å²) < 4.78 is 2.47. The van der Waals surface area contributed by atoms with Crippen LogP contribution >= 0.6 is 0 Å². The molecule has 0 bridgehead atoms. The molecule has 2 aliphatic rings. The lowest BCUT2D eigenvalue weighted by Crippen LogP contribution is -2.32. The number of carbonyl (C=O) groups is 1. The van der Waals surface area contributed by atoms with Crippen molar-refractivity contribution in [3.05, 3.63) is 99.9 Å². The minimum atomic E-state index is -0.0811. The number of nitrogens with one attached hydrogen (secondary N) is 1. The highest BCUT2D eigenvalue weighted by atomic mass is 16.1. The van der Waals surface area contributed by atoms with E-state index in [1.54, 1.807) is 0 Å². The van der Waals surface area contributed by atoms with Crippen LogP contribution in [0.2, 0.25) is 0 Å². The van der Waals surface area contributed by atoms with Crippen molar-refractivity contribution in [3.63, 3.8) is 0 Å². The number of aromatic nitrogens is 2. The molecule has 1 N–H and O–H groups in total. The molecule has 196 valence electrons. The number of amides is 1. The molecule has 2 aromatic heterocycles. The third-order valence-corrected chi connectivity index (χ3v) is 8.79. The quantitative estimate of drug-likeness (QED) is 0.289. The molecule has 0 aliphatic heterocycles. The number of hydrogen-bond donors (Lipinski definition) is 1. The van der Waals surface area contributed by atoms with Gasteiger partial charge in [0.1, 0.15) is 5.65 Å². The minimum absolute atomic E-state index is 0.0811. The summed E-state index contributed by atoms with van der Waals surface area (Å²) in [6, 6.07) is 21.3. The van der Waals surface area contributed by atoms with Crippen LogP contribution in [-0.2, 0) is 30.7 Å². The molecule has 1 amide bonds. The second kappa shape index (κ2) is 10.8. The molecule has 4 heteroatoms. The smallest absolute Gasteiger partial charge is 0.228 e. The van der Waals surface area contributed by atoms with Crippen LogP contribution in [0.1, 0.15) is 83.6 Å². The maximum atomic E-state index is 13.5. The lowest BCUT2D eigenvalue weighted by atomic mass is 9.83. The molecular weight excluding hydrogens is 466 g/mol. The van der Waals surface area contributed by atoms with E-state index in [-0.39, 0.29) is 11.8 Å². The van der Waals surface area contributed by atoms with Crippen LogP contribution in [-0.4, -0.2) is 15.5 Å². The van der Waals surface area contributed by atoms with E-state index in [0.29, 0.717) is 12.5 Å². The first-order chi connectivity index (χ1) is 18.6. The lowest BCUT2D eigenvalue weighted by molar-refractivity contribution is -0.123. The van der Waals surface area contributed by atoms with Crippen molar-refractivity contribution < 1.29 is 4.79 Å². The molecule has 1 unspecified atom stereocenters. The lowest BCUT2D eigenvalue weighted by Gasteiger charge is -2.24. The van der Waals surface area contributed by atoms with Crippen molar-refractivity contribution in [1.29, 1.82) is 0 Å². The first-order valence-corrected chi connectivity index (χ1v) is 14.5. The topological polar surface area (TPSA) is 46.9 Å². The highest BCUT2D eigenvalue weighted by molar-refractivity contribution is 5.86. The molecule has 0 saturated heterocycles. The molecule has 38 heavy (non-hydrogen) atoms. The molecule has 1 saturated carbocycles. The van der Waals surface area contributed by atoms with Gasteiger partial charge >= 0.3 is 0 Å². The number of pyridine rings is 1. The third-order valence-electron chi connectivity index (χ3n) is 8.79. The van der Waals surface area contributed by atoms with E-state index in [9.17, 15) is 4.79 Å². The summed E-state index contributed by atoms with van der Waals surface area (Å²) in [7, 11) is 0. The van der Waals surface area contributed by atoms with Gasteiger partial charge in [0.05, 0.1) is 5.92 Å². The second-order valence-electron chi connectivity index (χ2n) is 11.5.